The lowest BCUT2D eigenvalue weighted by atomic mass is 9.79. The molecule has 0 aromatic rings. The molecular weight excluding hydrogens is 204 g/mol. The first-order valence-electron chi connectivity index (χ1n) is 6.32. The zero-order valence-corrected chi connectivity index (χ0v) is 10.6. The molecule has 0 aromatic carbocycles. The van der Waals surface area contributed by atoms with Crippen molar-refractivity contribution in [1.82, 2.24) is 0 Å². The van der Waals surface area contributed by atoms with Gasteiger partial charge in [0.1, 0.15) is 5.78 Å². The van der Waals surface area contributed by atoms with Gasteiger partial charge in [0.05, 0.1) is 0 Å². The third kappa shape index (κ3) is 2.77. The van der Waals surface area contributed by atoms with E-state index in [1.165, 1.54) is 37.2 Å². The van der Waals surface area contributed by atoms with Crippen molar-refractivity contribution in [3.05, 3.63) is 0 Å². The third-order valence-electron chi connectivity index (χ3n) is 4.20. The van der Waals surface area contributed by atoms with Crippen molar-refractivity contribution < 1.29 is 4.79 Å². The molecule has 0 aromatic heterocycles. The second kappa shape index (κ2) is 4.90. The average Bonchev–Trinajstić information content (AvgIpc) is 2.68. The molecular formula is C13H22OS. The Labute approximate surface area is 97.4 Å². The summed E-state index contributed by atoms with van der Waals surface area (Å²) in [6, 6.07) is 0. The van der Waals surface area contributed by atoms with Crippen molar-refractivity contribution >= 4 is 17.5 Å². The highest BCUT2D eigenvalue weighted by Crippen LogP contribution is 2.40. The number of hydrogen-bond acceptors (Lipinski definition) is 2. The Morgan fingerprint density at radius 1 is 1.27 bits per heavy atom. The molecule has 2 aliphatic rings. The summed E-state index contributed by atoms with van der Waals surface area (Å²) in [5.41, 5.74) is 0.0601. The van der Waals surface area contributed by atoms with E-state index in [1.807, 2.05) is 11.8 Å². The van der Waals surface area contributed by atoms with Gasteiger partial charge in [-0.2, -0.15) is 11.8 Å². The summed E-state index contributed by atoms with van der Waals surface area (Å²) in [5, 5.41) is 0. The van der Waals surface area contributed by atoms with Gasteiger partial charge in [0.25, 0.3) is 0 Å². The smallest absolute Gasteiger partial charge is 0.139 e. The fourth-order valence-electron chi connectivity index (χ4n) is 2.89. The van der Waals surface area contributed by atoms with Gasteiger partial charge in [0.15, 0.2) is 0 Å². The van der Waals surface area contributed by atoms with E-state index in [4.69, 9.17) is 0 Å². The minimum Gasteiger partial charge on any atom is -0.299 e. The van der Waals surface area contributed by atoms with Crippen LogP contribution in [-0.2, 0) is 4.79 Å². The van der Waals surface area contributed by atoms with Crippen LogP contribution >= 0.6 is 11.8 Å². The van der Waals surface area contributed by atoms with Crippen LogP contribution in [0.15, 0.2) is 0 Å². The van der Waals surface area contributed by atoms with E-state index >= 15 is 0 Å². The number of hydrogen-bond donors (Lipinski definition) is 0. The molecule has 2 heteroatoms. The molecule has 2 fully saturated rings. The number of thioether (sulfide) groups is 1. The van der Waals surface area contributed by atoms with Crippen LogP contribution in [0.3, 0.4) is 0 Å². The van der Waals surface area contributed by atoms with Gasteiger partial charge < -0.3 is 0 Å². The van der Waals surface area contributed by atoms with Crippen molar-refractivity contribution in [2.45, 2.75) is 51.9 Å². The Bertz CT molecular complexity index is 225. The van der Waals surface area contributed by atoms with Gasteiger partial charge in [0, 0.05) is 11.8 Å². The number of ketones is 1. The van der Waals surface area contributed by atoms with Gasteiger partial charge in [-0.05, 0) is 43.1 Å². The van der Waals surface area contributed by atoms with Gasteiger partial charge >= 0.3 is 0 Å². The maximum Gasteiger partial charge on any atom is 0.139 e. The molecule has 15 heavy (non-hydrogen) atoms. The second-order valence-electron chi connectivity index (χ2n) is 5.45. The molecule has 1 heterocycles. The SMILES string of the molecule is CC1(C(=O)CC2CCSCC2)CCCC1. The van der Waals surface area contributed by atoms with Gasteiger partial charge in [-0.1, -0.05) is 19.8 Å². The Balaban J connectivity index is 1.85. The van der Waals surface area contributed by atoms with Gasteiger partial charge in [-0.3, -0.25) is 4.79 Å². The second-order valence-corrected chi connectivity index (χ2v) is 6.68. The highest BCUT2D eigenvalue weighted by atomic mass is 32.2. The highest BCUT2D eigenvalue weighted by Gasteiger charge is 2.36. The molecule has 0 atom stereocenters. The summed E-state index contributed by atoms with van der Waals surface area (Å²) >= 11 is 2.05. The summed E-state index contributed by atoms with van der Waals surface area (Å²) in [7, 11) is 0. The zero-order valence-electron chi connectivity index (χ0n) is 9.76. The topological polar surface area (TPSA) is 17.1 Å². The summed E-state index contributed by atoms with van der Waals surface area (Å²) in [6.45, 7) is 2.19. The molecule has 1 nitrogen and oxygen atoms in total. The molecule has 1 aliphatic heterocycles. The largest absolute Gasteiger partial charge is 0.299 e. The van der Waals surface area contributed by atoms with Gasteiger partial charge in [-0.25, -0.2) is 0 Å². The number of carbonyl (C=O) groups excluding carboxylic acids is 1. The van der Waals surface area contributed by atoms with Crippen molar-refractivity contribution in [2.24, 2.45) is 11.3 Å². The van der Waals surface area contributed by atoms with Crippen LogP contribution < -0.4 is 0 Å². The minimum absolute atomic E-state index is 0.0601. The molecule has 0 spiro atoms. The molecule has 1 saturated carbocycles. The van der Waals surface area contributed by atoms with Gasteiger partial charge in [0.2, 0.25) is 0 Å². The van der Waals surface area contributed by atoms with Crippen LogP contribution in [0, 0.1) is 11.3 Å². The summed E-state index contributed by atoms with van der Waals surface area (Å²) in [5.74, 6) is 3.82. The first kappa shape index (κ1) is 11.5. The summed E-state index contributed by atoms with van der Waals surface area (Å²) < 4.78 is 0. The lowest BCUT2D eigenvalue weighted by Crippen LogP contribution is -2.27. The zero-order chi connectivity index (χ0) is 10.7. The average molecular weight is 226 g/mol. The Kier molecular flexibility index (Phi) is 3.76. The minimum atomic E-state index is 0.0601. The van der Waals surface area contributed by atoms with E-state index in [2.05, 4.69) is 6.92 Å². The lowest BCUT2D eigenvalue weighted by Gasteiger charge is -2.26. The quantitative estimate of drug-likeness (QED) is 0.730. The number of rotatable bonds is 3. The molecule has 0 unspecified atom stereocenters. The van der Waals surface area contributed by atoms with Crippen molar-refractivity contribution in [3.8, 4) is 0 Å². The van der Waals surface area contributed by atoms with Crippen LogP contribution in [0.25, 0.3) is 0 Å². The van der Waals surface area contributed by atoms with Crippen LogP contribution in [0.4, 0.5) is 0 Å². The molecule has 86 valence electrons. The summed E-state index contributed by atoms with van der Waals surface area (Å²) in [4.78, 5) is 12.2. The predicted molar refractivity (Wildman–Crippen MR) is 66.2 cm³/mol. The molecule has 0 N–H and O–H groups in total. The normalized spacial score (nSPS) is 26.7. The van der Waals surface area contributed by atoms with E-state index < -0.39 is 0 Å². The van der Waals surface area contributed by atoms with Crippen LogP contribution in [0.2, 0.25) is 0 Å². The monoisotopic (exact) mass is 226 g/mol. The summed E-state index contributed by atoms with van der Waals surface area (Å²) in [6.07, 6.45) is 8.24. The van der Waals surface area contributed by atoms with E-state index in [9.17, 15) is 4.79 Å². The first-order chi connectivity index (χ1) is 7.21. The maximum atomic E-state index is 12.2. The Morgan fingerprint density at radius 2 is 1.87 bits per heavy atom. The van der Waals surface area contributed by atoms with Crippen LogP contribution in [-0.4, -0.2) is 17.3 Å². The maximum absolute atomic E-state index is 12.2. The fourth-order valence-corrected chi connectivity index (χ4v) is 4.10. The van der Waals surface area contributed by atoms with E-state index in [1.54, 1.807) is 0 Å². The van der Waals surface area contributed by atoms with Crippen molar-refractivity contribution in [3.63, 3.8) is 0 Å². The standard InChI is InChI=1S/C13H22OS/c1-13(6-2-3-7-13)12(14)10-11-4-8-15-9-5-11/h11H,2-10H2,1H3. The molecule has 0 radical (unpaired) electrons. The predicted octanol–water partition coefficient (Wildman–Crippen LogP) is 3.67. The molecule has 0 bridgehead atoms. The molecule has 2 rings (SSSR count). The first-order valence-corrected chi connectivity index (χ1v) is 7.47. The fraction of sp³-hybridized carbons (Fsp3) is 0.923. The molecule has 1 saturated heterocycles. The lowest BCUT2D eigenvalue weighted by molar-refractivity contribution is -0.128. The number of Topliss-reactive ketones (excluding diaryl/α,β-unsaturated/α-hetero) is 1. The third-order valence-corrected chi connectivity index (χ3v) is 5.24. The molecule has 1 aliphatic carbocycles. The van der Waals surface area contributed by atoms with Gasteiger partial charge in [-0.15, -0.1) is 0 Å². The van der Waals surface area contributed by atoms with Crippen LogP contribution in [0.5, 0.6) is 0 Å². The highest BCUT2D eigenvalue weighted by molar-refractivity contribution is 7.99. The Hall–Kier alpha value is 0.0200. The van der Waals surface area contributed by atoms with Crippen molar-refractivity contribution in [1.29, 1.82) is 0 Å². The number of carbonyl (C=O) groups is 1. The molecule has 0 amide bonds. The van der Waals surface area contributed by atoms with E-state index in [0.29, 0.717) is 11.7 Å². The Morgan fingerprint density at radius 3 is 2.47 bits per heavy atom. The van der Waals surface area contributed by atoms with E-state index in [-0.39, 0.29) is 5.41 Å². The van der Waals surface area contributed by atoms with Crippen molar-refractivity contribution in [2.75, 3.05) is 11.5 Å². The van der Waals surface area contributed by atoms with Crippen LogP contribution in [0.1, 0.15) is 51.9 Å². The van der Waals surface area contributed by atoms with E-state index in [0.717, 1.165) is 19.3 Å².